The Morgan fingerprint density at radius 1 is 0.900 bits per heavy atom. The van der Waals surface area contributed by atoms with Crippen molar-refractivity contribution < 1.29 is 0 Å². The van der Waals surface area contributed by atoms with Gasteiger partial charge in [0.15, 0.2) is 0 Å². The summed E-state index contributed by atoms with van der Waals surface area (Å²) in [7, 11) is 2.22. The van der Waals surface area contributed by atoms with Gasteiger partial charge >= 0.3 is 0 Å². The predicted octanol–water partition coefficient (Wildman–Crippen LogP) is 3.85. The minimum absolute atomic E-state index is 1.07. The van der Waals surface area contributed by atoms with Crippen LogP contribution < -0.4 is 5.32 Å². The van der Waals surface area contributed by atoms with Crippen LogP contribution in [0, 0.1) is 0 Å². The molecule has 0 aliphatic carbocycles. The zero-order chi connectivity index (χ0) is 14.6. The molecular weight excluding hydrogens is 244 g/mol. The highest BCUT2D eigenvalue weighted by atomic mass is 15.1. The first kappa shape index (κ1) is 17.2. The van der Waals surface area contributed by atoms with Crippen LogP contribution in [-0.4, -0.2) is 31.6 Å². The van der Waals surface area contributed by atoms with Crippen molar-refractivity contribution >= 4 is 0 Å². The van der Waals surface area contributed by atoms with Gasteiger partial charge in [0.2, 0.25) is 0 Å². The average Bonchev–Trinajstić information content (AvgIpc) is 2.46. The summed E-state index contributed by atoms with van der Waals surface area (Å²) < 4.78 is 0. The maximum atomic E-state index is 3.45. The van der Waals surface area contributed by atoms with Gasteiger partial charge in [-0.2, -0.15) is 0 Å². The Bertz CT molecular complexity index is 332. The van der Waals surface area contributed by atoms with Gasteiger partial charge in [-0.3, -0.25) is 0 Å². The fourth-order valence-electron chi connectivity index (χ4n) is 2.37. The van der Waals surface area contributed by atoms with Crippen molar-refractivity contribution in [1.29, 1.82) is 0 Å². The lowest BCUT2D eigenvalue weighted by atomic mass is 10.1. The Balaban J connectivity index is 2.27. The van der Waals surface area contributed by atoms with Gasteiger partial charge in [-0.1, -0.05) is 51.0 Å². The van der Waals surface area contributed by atoms with Gasteiger partial charge < -0.3 is 10.2 Å². The van der Waals surface area contributed by atoms with Gasteiger partial charge in [0, 0.05) is 6.54 Å². The number of hydrogen-bond acceptors (Lipinski definition) is 2. The maximum Gasteiger partial charge on any atom is 0.0230 e. The molecule has 0 saturated carbocycles. The van der Waals surface area contributed by atoms with Gasteiger partial charge in [-0.05, 0) is 57.1 Å². The molecule has 20 heavy (non-hydrogen) atoms. The quantitative estimate of drug-likeness (QED) is 0.618. The van der Waals surface area contributed by atoms with E-state index in [4.69, 9.17) is 0 Å². The average molecular weight is 276 g/mol. The van der Waals surface area contributed by atoms with Crippen molar-refractivity contribution in [2.75, 3.05) is 26.7 Å². The molecule has 0 fully saturated rings. The number of hydrogen-bond donors (Lipinski definition) is 1. The number of rotatable bonds is 11. The van der Waals surface area contributed by atoms with E-state index in [9.17, 15) is 0 Å². The predicted molar refractivity (Wildman–Crippen MR) is 89.2 cm³/mol. The Kier molecular flexibility index (Phi) is 9.35. The van der Waals surface area contributed by atoms with Crippen molar-refractivity contribution in [2.45, 2.75) is 52.5 Å². The van der Waals surface area contributed by atoms with Crippen molar-refractivity contribution in [3.63, 3.8) is 0 Å². The van der Waals surface area contributed by atoms with Crippen molar-refractivity contribution in [1.82, 2.24) is 10.2 Å². The number of nitrogens with zero attached hydrogens (tertiary/aromatic N) is 1. The second-order valence-corrected chi connectivity index (χ2v) is 5.76. The standard InChI is InChI=1S/C18H32N2/c1-4-6-7-15-20(3)16-18-10-8-17(9-11-18)12-14-19-13-5-2/h8-11,19H,4-7,12-16H2,1-3H3. The molecule has 2 nitrogen and oxygen atoms in total. The Morgan fingerprint density at radius 3 is 2.25 bits per heavy atom. The topological polar surface area (TPSA) is 15.3 Å². The first-order chi connectivity index (χ1) is 9.76. The molecule has 1 rings (SSSR count). The van der Waals surface area contributed by atoms with Crippen LogP contribution >= 0.6 is 0 Å². The molecule has 0 heterocycles. The smallest absolute Gasteiger partial charge is 0.0230 e. The molecule has 0 unspecified atom stereocenters. The lowest BCUT2D eigenvalue weighted by Gasteiger charge is -2.16. The first-order valence-corrected chi connectivity index (χ1v) is 8.23. The van der Waals surface area contributed by atoms with E-state index in [1.54, 1.807) is 0 Å². The molecule has 114 valence electrons. The molecule has 0 saturated heterocycles. The van der Waals surface area contributed by atoms with Crippen molar-refractivity contribution in [3.05, 3.63) is 35.4 Å². The fraction of sp³-hybridized carbons (Fsp3) is 0.667. The maximum absolute atomic E-state index is 3.45. The van der Waals surface area contributed by atoms with E-state index in [0.29, 0.717) is 0 Å². The minimum Gasteiger partial charge on any atom is -0.316 e. The Morgan fingerprint density at radius 2 is 1.60 bits per heavy atom. The van der Waals surface area contributed by atoms with Crippen molar-refractivity contribution in [3.8, 4) is 0 Å². The molecule has 1 aromatic rings. The van der Waals surface area contributed by atoms with E-state index in [0.717, 1.165) is 26.1 Å². The van der Waals surface area contributed by atoms with Crippen LogP contribution in [0.2, 0.25) is 0 Å². The third-order valence-electron chi connectivity index (χ3n) is 3.64. The summed E-state index contributed by atoms with van der Waals surface area (Å²) in [5, 5.41) is 3.45. The van der Waals surface area contributed by atoms with Crippen LogP contribution in [0.1, 0.15) is 50.7 Å². The van der Waals surface area contributed by atoms with E-state index in [2.05, 4.69) is 55.4 Å². The third-order valence-corrected chi connectivity index (χ3v) is 3.64. The Labute approximate surface area is 125 Å². The summed E-state index contributed by atoms with van der Waals surface area (Å²) in [6.07, 6.45) is 6.30. The summed E-state index contributed by atoms with van der Waals surface area (Å²) in [6, 6.07) is 9.13. The van der Waals surface area contributed by atoms with Crippen LogP contribution in [0.3, 0.4) is 0 Å². The molecule has 0 spiro atoms. The van der Waals surface area contributed by atoms with Gasteiger partial charge in [-0.15, -0.1) is 0 Å². The van der Waals surface area contributed by atoms with E-state index in [1.165, 1.54) is 43.4 Å². The summed E-state index contributed by atoms with van der Waals surface area (Å²) >= 11 is 0. The zero-order valence-electron chi connectivity index (χ0n) is 13.6. The molecule has 0 aromatic heterocycles. The molecule has 1 aromatic carbocycles. The van der Waals surface area contributed by atoms with Crippen LogP contribution in [0.4, 0.5) is 0 Å². The summed E-state index contributed by atoms with van der Waals surface area (Å²) in [6.45, 7) is 8.95. The van der Waals surface area contributed by atoms with Gasteiger partial charge in [0.25, 0.3) is 0 Å². The third kappa shape index (κ3) is 7.66. The number of unbranched alkanes of at least 4 members (excludes halogenated alkanes) is 2. The second-order valence-electron chi connectivity index (χ2n) is 5.76. The molecule has 0 amide bonds. The largest absolute Gasteiger partial charge is 0.316 e. The van der Waals surface area contributed by atoms with Crippen LogP contribution in [-0.2, 0) is 13.0 Å². The highest BCUT2D eigenvalue weighted by Crippen LogP contribution is 2.08. The lowest BCUT2D eigenvalue weighted by molar-refractivity contribution is 0.318. The molecule has 0 radical (unpaired) electrons. The van der Waals surface area contributed by atoms with Gasteiger partial charge in [0.1, 0.15) is 0 Å². The van der Waals surface area contributed by atoms with E-state index < -0.39 is 0 Å². The van der Waals surface area contributed by atoms with Gasteiger partial charge in [0.05, 0.1) is 0 Å². The van der Waals surface area contributed by atoms with E-state index >= 15 is 0 Å². The zero-order valence-corrected chi connectivity index (χ0v) is 13.6. The van der Waals surface area contributed by atoms with E-state index in [-0.39, 0.29) is 0 Å². The van der Waals surface area contributed by atoms with Gasteiger partial charge in [-0.25, -0.2) is 0 Å². The molecule has 0 atom stereocenters. The Hall–Kier alpha value is -0.860. The molecule has 0 aliphatic heterocycles. The van der Waals surface area contributed by atoms with Crippen molar-refractivity contribution in [2.24, 2.45) is 0 Å². The number of benzene rings is 1. The van der Waals surface area contributed by atoms with Crippen LogP contribution in [0.25, 0.3) is 0 Å². The molecule has 0 bridgehead atoms. The van der Waals surface area contributed by atoms with Crippen LogP contribution in [0.15, 0.2) is 24.3 Å². The van der Waals surface area contributed by atoms with Crippen LogP contribution in [0.5, 0.6) is 0 Å². The lowest BCUT2D eigenvalue weighted by Crippen LogP contribution is -2.19. The summed E-state index contributed by atoms with van der Waals surface area (Å²) in [5.74, 6) is 0. The number of nitrogens with one attached hydrogen (secondary N) is 1. The highest BCUT2D eigenvalue weighted by molar-refractivity contribution is 5.22. The minimum atomic E-state index is 1.07. The molecule has 2 heteroatoms. The monoisotopic (exact) mass is 276 g/mol. The molecule has 1 N–H and O–H groups in total. The fourth-order valence-corrected chi connectivity index (χ4v) is 2.37. The SMILES string of the molecule is CCCCCN(C)Cc1ccc(CCNCCC)cc1. The molecule has 0 aliphatic rings. The summed E-state index contributed by atoms with van der Waals surface area (Å²) in [5.41, 5.74) is 2.86. The van der Waals surface area contributed by atoms with E-state index in [1.807, 2.05) is 0 Å². The summed E-state index contributed by atoms with van der Waals surface area (Å²) in [4.78, 5) is 2.42. The second kappa shape index (κ2) is 10.9. The highest BCUT2D eigenvalue weighted by Gasteiger charge is 2.00. The normalized spacial score (nSPS) is 11.2. The first-order valence-electron chi connectivity index (χ1n) is 8.23. The molecular formula is C18H32N2.